The van der Waals surface area contributed by atoms with Crippen LogP contribution >= 0.6 is 0 Å². The first-order valence-corrected chi connectivity index (χ1v) is 11.3. The minimum absolute atomic E-state index is 0.0639. The minimum atomic E-state index is -0.790. The van der Waals surface area contributed by atoms with Gasteiger partial charge in [0.15, 0.2) is 0 Å². The van der Waals surface area contributed by atoms with Crippen LogP contribution in [0.2, 0.25) is 0 Å². The van der Waals surface area contributed by atoms with Crippen LogP contribution in [0.5, 0.6) is 0 Å². The van der Waals surface area contributed by atoms with Crippen molar-refractivity contribution in [2.75, 3.05) is 32.7 Å². The lowest BCUT2D eigenvalue weighted by molar-refractivity contribution is -0.138. The maximum atomic E-state index is 13.3. The molecule has 168 valence electrons. The van der Waals surface area contributed by atoms with Crippen molar-refractivity contribution in [3.05, 3.63) is 35.6 Å². The third-order valence-corrected chi connectivity index (χ3v) is 6.83. The fourth-order valence-corrected chi connectivity index (χ4v) is 5.07. The summed E-state index contributed by atoms with van der Waals surface area (Å²) in [5.74, 6) is -0.528. The van der Waals surface area contributed by atoms with Gasteiger partial charge in [-0.3, -0.25) is 14.5 Å². The molecular formula is C23H31FN4O3. The van der Waals surface area contributed by atoms with Crippen molar-refractivity contribution in [1.82, 2.24) is 20.0 Å². The van der Waals surface area contributed by atoms with E-state index >= 15 is 0 Å². The Morgan fingerprint density at radius 3 is 2.55 bits per heavy atom. The third-order valence-electron chi connectivity index (χ3n) is 6.83. The van der Waals surface area contributed by atoms with Crippen LogP contribution in [0.25, 0.3) is 0 Å². The van der Waals surface area contributed by atoms with Gasteiger partial charge in [-0.2, -0.15) is 0 Å². The summed E-state index contributed by atoms with van der Waals surface area (Å²) in [6.07, 6.45) is 3.97. The Balaban J connectivity index is 1.40. The average Bonchev–Trinajstić information content (AvgIpc) is 3.01. The quantitative estimate of drug-likeness (QED) is 0.727. The highest BCUT2D eigenvalue weighted by molar-refractivity contribution is 6.07. The largest absolute Gasteiger partial charge is 0.340 e. The molecule has 4 rings (SSSR count). The molecule has 3 heterocycles. The van der Waals surface area contributed by atoms with Gasteiger partial charge in [0, 0.05) is 26.2 Å². The summed E-state index contributed by atoms with van der Waals surface area (Å²) >= 11 is 0. The van der Waals surface area contributed by atoms with Crippen molar-refractivity contribution < 1.29 is 18.8 Å². The van der Waals surface area contributed by atoms with Crippen LogP contribution in [-0.2, 0) is 16.0 Å². The van der Waals surface area contributed by atoms with Gasteiger partial charge in [0.2, 0.25) is 5.91 Å². The van der Waals surface area contributed by atoms with Crippen LogP contribution in [-0.4, -0.2) is 76.8 Å². The lowest BCUT2D eigenvalue weighted by Gasteiger charge is -2.39. The highest BCUT2D eigenvalue weighted by Crippen LogP contribution is 2.32. The van der Waals surface area contributed by atoms with Crippen molar-refractivity contribution in [3.8, 4) is 0 Å². The Hall–Kier alpha value is -2.48. The predicted octanol–water partition coefficient (Wildman–Crippen LogP) is 2.16. The van der Waals surface area contributed by atoms with Crippen molar-refractivity contribution in [3.63, 3.8) is 0 Å². The molecule has 8 heteroatoms. The number of piperidine rings is 2. The number of nitrogens with zero attached hydrogens (tertiary/aromatic N) is 3. The molecule has 1 N–H and O–H groups in total. The Bertz CT molecular complexity index is 836. The number of carbonyl (C=O) groups is 3. The van der Waals surface area contributed by atoms with Crippen LogP contribution in [0, 0.1) is 5.82 Å². The molecule has 0 aliphatic carbocycles. The van der Waals surface area contributed by atoms with Gasteiger partial charge < -0.3 is 15.1 Å². The molecule has 1 aromatic carbocycles. The van der Waals surface area contributed by atoms with Gasteiger partial charge in [-0.1, -0.05) is 19.1 Å². The number of hydrogen-bond acceptors (Lipinski definition) is 4. The summed E-state index contributed by atoms with van der Waals surface area (Å²) in [6.45, 7) is 5.73. The number of likely N-dealkylation sites (tertiary alicyclic amines) is 2. The summed E-state index contributed by atoms with van der Waals surface area (Å²) in [4.78, 5) is 44.4. The number of rotatable bonds is 5. The molecule has 1 unspecified atom stereocenters. The Kier molecular flexibility index (Phi) is 6.27. The van der Waals surface area contributed by atoms with Gasteiger partial charge >= 0.3 is 6.03 Å². The van der Waals surface area contributed by atoms with E-state index in [0.717, 1.165) is 38.0 Å². The lowest BCUT2D eigenvalue weighted by atomic mass is 9.87. The zero-order valence-corrected chi connectivity index (χ0v) is 18.1. The second-order valence-corrected chi connectivity index (χ2v) is 8.97. The molecule has 7 nitrogen and oxygen atoms in total. The van der Waals surface area contributed by atoms with E-state index in [0.29, 0.717) is 32.4 Å². The van der Waals surface area contributed by atoms with E-state index in [1.54, 1.807) is 17.0 Å². The maximum absolute atomic E-state index is 13.3. The molecule has 3 aliphatic heterocycles. The molecule has 0 radical (unpaired) electrons. The molecule has 3 saturated heterocycles. The highest BCUT2D eigenvalue weighted by Gasteiger charge is 2.54. The topological polar surface area (TPSA) is 73.0 Å². The Morgan fingerprint density at radius 1 is 1.16 bits per heavy atom. The summed E-state index contributed by atoms with van der Waals surface area (Å²) in [7, 11) is 0. The molecular weight excluding hydrogens is 399 g/mol. The molecule has 1 spiro atoms. The second kappa shape index (κ2) is 8.94. The van der Waals surface area contributed by atoms with Crippen LogP contribution in [0.3, 0.4) is 0 Å². The first-order valence-electron chi connectivity index (χ1n) is 11.3. The van der Waals surface area contributed by atoms with E-state index in [2.05, 4.69) is 17.1 Å². The summed E-state index contributed by atoms with van der Waals surface area (Å²) < 4.78 is 13.1. The number of amides is 4. The smallest absolute Gasteiger partial charge is 0.325 e. The SMILES string of the molecule is CCCN1CCC2(CC1)NC(=O)N(C1CCCN(C(=O)Cc3ccc(F)cc3)C1)C2=O. The minimum Gasteiger partial charge on any atom is -0.340 e. The van der Waals surface area contributed by atoms with Gasteiger partial charge in [0.05, 0.1) is 12.5 Å². The van der Waals surface area contributed by atoms with Crippen molar-refractivity contribution in [2.24, 2.45) is 0 Å². The van der Waals surface area contributed by atoms with Gasteiger partial charge in [0.1, 0.15) is 11.4 Å². The first-order chi connectivity index (χ1) is 14.9. The van der Waals surface area contributed by atoms with Crippen molar-refractivity contribution in [1.29, 1.82) is 0 Å². The van der Waals surface area contributed by atoms with Crippen molar-refractivity contribution in [2.45, 2.75) is 57.0 Å². The van der Waals surface area contributed by atoms with Gasteiger partial charge in [-0.25, -0.2) is 9.18 Å². The van der Waals surface area contributed by atoms with Crippen molar-refractivity contribution >= 4 is 17.8 Å². The molecule has 1 aromatic rings. The lowest BCUT2D eigenvalue weighted by Crippen LogP contribution is -2.56. The number of carbonyl (C=O) groups excluding carboxylic acids is 3. The normalized spacial score (nSPS) is 24.0. The third kappa shape index (κ3) is 4.44. The number of hydrogen-bond donors (Lipinski definition) is 1. The molecule has 4 amide bonds. The standard InChI is InChI=1S/C23H31FN4O3/c1-2-11-26-13-9-23(10-14-26)21(30)28(22(31)25-23)19-4-3-12-27(16-19)20(29)15-17-5-7-18(24)8-6-17/h5-8,19H,2-4,9-16H2,1H3,(H,25,31). The predicted molar refractivity (Wildman–Crippen MR) is 114 cm³/mol. The molecule has 31 heavy (non-hydrogen) atoms. The molecule has 0 saturated carbocycles. The van der Waals surface area contributed by atoms with E-state index in [9.17, 15) is 18.8 Å². The van der Waals surface area contributed by atoms with Gasteiger partial charge in [-0.05, 0) is 56.3 Å². The molecule has 0 aromatic heterocycles. The molecule has 3 aliphatic rings. The van der Waals surface area contributed by atoms with E-state index in [1.807, 2.05) is 0 Å². The second-order valence-electron chi connectivity index (χ2n) is 8.97. The van der Waals surface area contributed by atoms with Crippen LogP contribution in [0.15, 0.2) is 24.3 Å². The Labute approximate surface area is 182 Å². The molecule has 1 atom stereocenters. The number of imide groups is 1. The van der Waals surface area contributed by atoms with E-state index in [-0.39, 0.29) is 36.1 Å². The highest BCUT2D eigenvalue weighted by atomic mass is 19.1. The molecule has 0 bridgehead atoms. The zero-order valence-electron chi connectivity index (χ0n) is 18.1. The number of benzene rings is 1. The van der Waals surface area contributed by atoms with Gasteiger partial charge in [0.25, 0.3) is 5.91 Å². The summed E-state index contributed by atoms with van der Waals surface area (Å²) in [5.41, 5.74) is -0.0387. The summed E-state index contributed by atoms with van der Waals surface area (Å²) in [5, 5.41) is 2.99. The van der Waals surface area contributed by atoms with Gasteiger partial charge in [-0.15, -0.1) is 0 Å². The Morgan fingerprint density at radius 2 is 1.87 bits per heavy atom. The molecule has 3 fully saturated rings. The average molecular weight is 431 g/mol. The van der Waals surface area contributed by atoms with E-state index in [4.69, 9.17) is 0 Å². The fourth-order valence-electron chi connectivity index (χ4n) is 5.07. The number of halogens is 1. The monoisotopic (exact) mass is 430 g/mol. The van der Waals surface area contributed by atoms with Crippen LogP contribution in [0.4, 0.5) is 9.18 Å². The van der Waals surface area contributed by atoms with Crippen LogP contribution in [0.1, 0.15) is 44.6 Å². The van der Waals surface area contributed by atoms with Crippen LogP contribution < -0.4 is 5.32 Å². The van der Waals surface area contributed by atoms with E-state index in [1.165, 1.54) is 17.0 Å². The summed E-state index contributed by atoms with van der Waals surface area (Å²) in [6, 6.07) is 5.29. The number of urea groups is 1. The maximum Gasteiger partial charge on any atom is 0.325 e. The first kappa shape index (κ1) is 21.7. The fraction of sp³-hybridized carbons (Fsp3) is 0.609. The zero-order chi connectivity index (χ0) is 22.0. The van der Waals surface area contributed by atoms with E-state index < -0.39 is 5.54 Å². The number of nitrogens with one attached hydrogen (secondary N) is 1.